The normalized spacial score (nSPS) is 10.7. The number of benzene rings is 2. The average molecular weight is 474 g/mol. The van der Waals surface area contributed by atoms with Gasteiger partial charge in [0, 0.05) is 5.56 Å². The van der Waals surface area contributed by atoms with Crippen molar-refractivity contribution in [1.82, 2.24) is 0 Å². The van der Waals surface area contributed by atoms with E-state index in [0.29, 0.717) is 25.9 Å². The second kappa shape index (κ2) is 8.21. The molecule has 7 nitrogen and oxygen atoms in total. The van der Waals surface area contributed by atoms with Gasteiger partial charge in [0.1, 0.15) is 11.3 Å². The zero-order chi connectivity index (χ0) is 18.6. The predicted molar refractivity (Wildman–Crippen MR) is 101 cm³/mol. The zero-order valence-electron chi connectivity index (χ0n) is 13.2. The van der Waals surface area contributed by atoms with Crippen LogP contribution in [0.3, 0.4) is 0 Å². The van der Waals surface area contributed by atoms with Crippen LogP contribution in [0.2, 0.25) is 0 Å². The molecule has 0 saturated heterocycles. The zero-order valence-corrected chi connectivity index (χ0v) is 16.4. The van der Waals surface area contributed by atoms with E-state index in [1.54, 1.807) is 24.3 Å². The molecule has 0 aliphatic carbocycles. The number of aromatic carboxylic acids is 1. The molecular weight excluding hydrogens is 460 g/mol. The monoisotopic (exact) mass is 472 g/mol. The second-order valence-corrected chi connectivity index (χ2v) is 6.44. The lowest BCUT2D eigenvalue weighted by Crippen LogP contribution is -2.07. The van der Waals surface area contributed by atoms with Crippen LogP contribution in [0.25, 0.3) is 0 Å². The van der Waals surface area contributed by atoms with Gasteiger partial charge in [0.2, 0.25) is 0 Å². The molecule has 0 aromatic heterocycles. The Labute approximate surface area is 160 Å². The van der Waals surface area contributed by atoms with Crippen molar-refractivity contribution >= 4 is 49.7 Å². The summed E-state index contributed by atoms with van der Waals surface area (Å²) >= 11 is 6.44. The molecule has 2 rings (SSSR count). The van der Waals surface area contributed by atoms with Crippen molar-refractivity contribution in [2.75, 3.05) is 19.6 Å². The van der Waals surface area contributed by atoms with E-state index in [0.717, 1.165) is 0 Å². The Morgan fingerprint density at radius 3 is 2.36 bits per heavy atom. The minimum Gasteiger partial charge on any atom is -0.506 e. The summed E-state index contributed by atoms with van der Waals surface area (Å²) in [5.74, 6) is -0.652. The molecule has 0 heterocycles. The molecule has 0 atom stereocenters. The Balaban J connectivity index is 2.34. The molecule has 132 valence electrons. The van der Waals surface area contributed by atoms with Crippen LogP contribution in [-0.2, 0) is 0 Å². The molecule has 2 aromatic carbocycles. The first-order valence-corrected chi connectivity index (χ1v) is 8.43. The lowest BCUT2D eigenvalue weighted by Gasteiger charge is -2.12. The smallest absolute Gasteiger partial charge is 0.340 e. The van der Waals surface area contributed by atoms with E-state index in [1.165, 1.54) is 20.4 Å². The van der Waals surface area contributed by atoms with E-state index >= 15 is 0 Å². The molecule has 9 heteroatoms. The van der Waals surface area contributed by atoms with Gasteiger partial charge in [-0.05, 0) is 56.1 Å². The Bertz CT molecular complexity index is 817. The van der Waals surface area contributed by atoms with Crippen molar-refractivity contribution < 1.29 is 24.5 Å². The molecule has 3 N–H and O–H groups in total. The number of phenolic OH excluding ortho intramolecular Hbond substituents is 1. The van der Waals surface area contributed by atoms with Gasteiger partial charge < -0.3 is 19.7 Å². The van der Waals surface area contributed by atoms with Crippen LogP contribution in [0, 0.1) is 0 Å². The summed E-state index contributed by atoms with van der Waals surface area (Å²) in [5, 5.41) is 23.2. The highest BCUT2D eigenvalue weighted by molar-refractivity contribution is 9.11. The van der Waals surface area contributed by atoms with Crippen molar-refractivity contribution in [2.45, 2.75) is 0 Å². The van der Waals surface area contributed by atoms with Crippen LogP contribution in [-0.4, -0.2) is 36.6 Å². The van der Waals surface area contributed by atoms with Gasteiger partial charge in [0.25, 0.3) is 0 Å². The number of nitrogens with one attached hydrogen (secondary N) is 1. The fourth-order valence-corrected chi connectivity index (χ4v) is 3.26. The standard InChI is InChI=1S/C16H14Br2N2O5/c1-24-12-4-3-8(13(16(22)23)15(12)25-2)7-19-20-9-5-10(17)14(21)11(18)6-9/h3-7,20-21H,1-2H3,(H,22,23)/b19-7+. The molecule has 2 aromatic rings. The van der Waals surface area contributed by atoms with Crippen LogP contribution in [0.5, 0.6) is 17.2 Å². The van der Waals surface area contributed by atoms with E-state index in [4.69, 9.17) is 9.47 Å². The largest absolute Gasteiger partial charge is 0.506 e. The first-order valence-electron chi connectivity index (χ1n) is 6.84. The molecule has 25 heavy (non-hydrogen) atoms. The van der Waals surface area contributed by atoms with E-state index in [1.807, 2.05) is 0 Å². The van der Waals surface area contributed by atoms with Crippen molar-refractivity contribution in [1.29, 1.82) is 0 Å². The SMILES string of the molecule is COc1ccc(/C=N/Nc2cc(Br)c(O)c(Br)c2)c(C(=O)O)c1OC. The van der Waals surface area contributed by atoms with Crippen molar-refractivity contribution in [3.63, 3.8) is 0 Å². The number of hydrazone groups is 1. The fourth-order valence-electron chi connectivity index (χ4n) is 2.08. The van der Waals surface area contributed by atoms with Gasteiger partial charge >= 0.3 is 5.97 Å². The van der Waals surface area contributed by atoms with E-state index in [2.05, 4.69) is 42.4 Å². The topological polar surface area (TPSA) is 100 Å². The number of carbonyl (C=O) groups is 1. The number of hydrogen-bond acceptors (Lipinski definition) is 6. The maximum Gasteiger partial charge on any atom is 0.340 e. The molecule has 0 aliphatic rings. The fraction of sp³-hybridized carbons (Fsp3) is 0.125. The summed E-state index contributed by atoms with van der Waals surface area (Å²) in [4.78, 5) is 11.6. The third-order valence-electron chi connectivity index (χ3n) is 3.21. The number of aromatic hydroxyl groups is 1. The third-order valence-corrected chi connectivity index (χ3v) is 4.41. The lowest BCUT2D eigenvalue weighted by atomic mass is 10.1. The summed E-state index contributed by atoms with van der Waals surface area (Å²) in [5.41, 5.74) is 3.64. The number of hydrogen-bond donors (Lipinski definition) is 3. The van der Waals surface area contributed by atoms with Gasteiger partial charge in [-0.25, -0.2) is 4.79 Å². The average Bonchev–Trinajstić information content (AvgIpc) is 2.58. The van der Waals surface area contributed by atoms with Crippen LogP contribution in [0.1, 0.15) is 15.9 Å². The molecule has 0 amide bonds. The maximum atomic E-state index is 11.6. The van der Waals surface area contributed by atoms with Crippen molar-refractivity contribution in [3.8, 4) is 17.2 Å². The highest BCUT2D eigenvalue weighted by Gasteiger charge is 2.20. The Kier molecular flexibility index (Phi) is 6.27. The third kappa shape index (κ3) is 4.23. The molecular formula is C16H14Br2N2O5. The summed E-state index contributed by atoms with van der Waals surface area (Å²) in [7, 11) is 2.80. The number of nitrogens with zero attached hydrogens (tertiary/aromatic N) is 1. The summed E-state index contributed by atoms with van der Waals surface area (Å²) in [6.45, 7) is 0. The van der Waals surface area contributed by atoms with E-state index in [9.17, 15) is 15.0 Å². The number of halogens is 2. The van der Waals surface area contributed by atoms with Crippen LogP contribution in [0.15, 0.2) is 38.3 Å². The molecule has 0 saturated carbocycles. The number of phenols is 1. The summed E-state index contributed by atoms with van der Waals surface area (Å²) in [6.07, 6.45) is 1.36. The molecule has 0 aliphatic heterocycles. The van der Waals surface area contributed by atoms with Crippen molar-refractivity contribution in [3.05, 3.63) is 44.3 Å². The Morgan fingerprint density at radius 2 is 1.84 bits per heavy atom. The number of carboxylic acid groups (broad SMARTS) is 1. The van der Waals surface area contributed by atoms with Crippen LogP contribution < -0.4 is 14.9 Å². The highest BCUT2D eigenvalue weighted by atomic mass is 79.9. The van der Waals surface area contributed by atoms with E-state index in [-0.39, 0.29) is 17.1 Å². The summed E-state index contributed by atoms with van der Waals surface area (Å²) < 4.78 is 11.2. The highest BCUT2D eigenvalue weighted by Crippen LogP contribution is 2.35. The Morgan fingerprint density at radius 1 is 1.20 bits per heavy atom. The number of anilines is 1. The van der Waals surface area contributed by atoms with Gasteiger partial charge in [0.05, 0.1) is 35.1 Å². The van der Waals surface area contributed by atoms with Crippen molar-refractivity contribution in [2.24, 2.45) is 5.10 Å². The van der Waals surface area contributed by atoms with Gasteiger partial charge in [-0.15, -0.1) is 0 Å². The molecule has 0 bridgehead atoms. The minimum atomic E-state index is -1.16. The molecule has 0 fully saturated rings. The molecule has 0 unspecified atom stereocenters. The number of rotatable bonds is 6. The van der Waals surface area contributed by atoms with E-state index < -0.39 is 5.97 Å². The van der Waals surface area contributed by atoms with Gasteiger partial charge in [-0.2, -0.15) is 5.10 Å². The number of carboxylic acids is 1. The number of ether oxygens (including phenoxy) is 2. The van der Waals surface area contributed by atoms with Gasteiger partial charge in [-0.1, -0.05) is 0 Å². The minimum absolute atomic E-state index is 0.0551. The number of methoxy groups -OCH3 is 2. The first-order chi connectivity index (χ1) is 11.9. The van der Waals surface area contributed by atoms with Crippen LogP contribution >= 0.6 is 31.9 Å². The lowest BCUT2D eigenvalue weighted by molar-refractivity contribution is 0.0692. The van der Waals surface area contributed by atoms with Gasteiger partial charge in [-0.3, -0.25) is 5.43 Å². The molecule has 0 spiro atoms. The predicted octanol–water partition coefficient (Wildman–Crippen LogP) is 4.08. The van der Waals surface area contributed by atoms with Crippen LogP contribution in [0.4, 0.5) is 5.69 Å². The second-order valence-electron chi connectivity index (χ2n) is 4.73. The van der Waals surface area contributed by atoms with Gasteiger partial charge in [0.15, 0.2) is 11.5 Å². The molecule has 0 radical (unpaired) electrons. The summed E-state index contributed by atoms with van der Waals surface area (Å²) in [6, 6.07) is 6.42. The Hall–Kier alpha value is -2.26. The maximum absolute atomic E-state index is 11.6. The first kappa shape index (κ1) is 19.1. The quantitative estimate of drug-likeness (QED) is 0.332.